The minimum absolute atomic E-state index is 0.235. The van der Waals surface area contributed by atoms with Crippen molar-refractivity contribution in [2.75, 3.05) is 13.1 Å². The molecule has 0 aromatic carbocycles. The molecule has 6 nitrogen and oxygen atoms in total. The Labute approximate surface area is 133 Å². The zero-order valence-corrected chi connectivity index (χ0v) is 14.1. The van der Waals surface area contributed by atoms with E-state index in [1.54, 1.807) is 39.8 Å². The lowest BCUT2D eigenvalue weighted by atomic mass is 10.0. The van der Waals surface area contributed by atoms with Crippen molar-refractivity contribution in [2.45, 2.75) is 51.6 Å². The quantitative estimate of drug-likeness (QED) is 0.369. The van der Waals surface area contributed by atoms with Crippen LogP contribution in [0.2, 0.25) is 0 Å². The Hall–Kier alpha value is -1.98. The molecule has 0 bridgehead atoms. The van der Waals surface area contributed by atoms with Gasteiger partial charge in [-0.25, -0.2) is 0 Å². The van der Waals surface area contributed by atoms with Crippen LogP contribution in [-0.4, -0.2) is 36.0 Å². The van der Waals surface area contributed by atoms with E-state index in [4.69, 9.17) is 0 Å². The van der Waals surface area contributed by atoms with Gasteiger partial charge >= 0.3 is 0 Å². The molecule has 0 saturated carbocycles. The lowest BCUT2D eigenvalue weighted by molar-refractivity contribution is -0.127. The van der Waals surface area contributed by atoms with E-state index < -0.39 is 11.1 Å². The Balaban J connectivity index is 4.68. The molecule has 0 saturated heterocycles. The first kappa shape index (κ1) is 20.0. The van der Waals surface area contributed by atoms with Gasteiger partial charge in [-0.15, -0.1) is 13.2 Å². The standard InChI is InChI=1S/C16H28N4O2/c1-7-9-11-17-13(21)15(3,4)19-20-16(5,6)14(22)18-12-10-8-2/h7-8H,1-2,9-12H2,3-6H3,(H,17,21)(H,18,22)/b20-19+. The van der Waals surface area contributed by atoms with E-state index in [1.165, 1.54) is 0 Å². The molecule has 6 heteroatoms. The van der Waals surface area contributed by atoms with E-state index in [0.717, 1.165) is 0 Å². The highest BCUT2D eigenvalue weighted by Crippen LogP contribution is 2.16. The van der Waals surface area contributed by atoms with Crippen LogP contribution in [0.5, 0.6) is 0 Å². The van der Waals surface area contributed by atoms with Crippen LogP contribution in [0.15, 0.2) is 35.5 Å². The lowest BCUT2D eigenvalue weighted by Crippen LogP contribution is -2.43. The van der Waals surface area contributed by atoms with Gasteiger partial charge in [0.25, 0.3) is 0 Å². The van der Waals surface area contributed by atoms with E-state index in [1.807, 2.05) is 0 Å². The van der Waals surface area contributed by atoms with Gasteiger partial charge < -0.3 is 10.6 Å². The summed E-state index contributed by atoms with van der Waals surface area (Å²) in [4.78, 5) is 24.1. The molecule has 0 spiro atoms. The van der Waals surface area contributed by atoms with Crippen LogP contribution in [0.1, 0.15) is 40.5 Å². The average molecular weight is 308 g/mol. The van der Waals surface area contributed by atoms with Gasteiger partial charge in [-0.1, -0.05) is 12.2 Å². The van der Waals surface area contributed by atoms with Gasteiger partial charge in [-0.2, -0.15) is 10.2 Å². The molecule has 0 fully saturated rings. The molecule has 0 aliphatic heterocycles. The third kappa shape index (κ3) is 7.15. The molecule has 0 heterocycles. The molecule has 0 radical (unpaired) electrons. The number of hydrogen-bond acceptors (Lipinski definition) is 4. The Morgan fingerprint density at radius 2 is 1.18 bits per heavy atom. The van der Waals surface area contributed by atoms with E-state index in [0.29, 0.717) is 25.9 Å². The molecule has 2 N–H and O–H groups in total. The summed E-state index contributed by atoms with van der Waals surface area (Å²) < 4.78 is 0. The van der Waals surface area contributed by atoms with Gasteiger partial charge in [0, 0.05) is 13.1 Å². The molecule has 0 aliphatic carbocycles. The second-order valence-corrected chi connectivity index (χ2v) is 5.98. The van der Waals surface area contributed by atoms with E-state index >= 15 is 0 Å². The van der Waals surface area contributed by atoms with Crippen LogP contribution in [0.25, 0.3) is 0 Å². The predicted octanol–water partition coefficient (Wildman–Crippen LogP) is 2.38. The molecule has 124 valence electrons. The second kappa shape index (κ2) is 9.12. The maximum atomic E-state index is 12.0. The summed E-state index contributed by atoms with van der Waals surface area (Å²) in [5.74, 6) is -0.470. The van der Waals surface area contributed by atoms with Crippen molar-refractivity contribution in [3.63, 3.8) is 0 Å². The van der Waals surface area contributed by atoms with Crippen molar-refractivity contribution < 1.29 is 9.59 Å². The summed E-state index contributed by atoms with van der Waals surface area (Å²) >= 11 is 0. The SMILES string of the molecule is C=CCCNC(=O)C(C)(C)/N=N/C(C)(C)C(=O)NCCC=C. The highest BCUT2D eigenvalue weighted by molar-refractivity contribution is 5.86. The molecular formula is C16H28N4O2. The van der Waals surface area contributed by atoms with Crippen molar-refractivity contribution in [3.05, 3.63) is 25.3 Å². The fourth-order valence-corrected chi connectivity index (χ4v) is 1.35. The Kier molecular flexibility index (Phi) is 8.30. The Bertz CT molecular complexity index is 399. The van der Waals surface area contributed by atoms with Crippen molar-refractivity contribution in [1.82, 2.24) is 10.6 Å². The molecular weight excluding hydrogens is 280 g/mol. The normalized spacial score (nSPS) is 12.0. The summed E-state index contributed by atoms with van der Waals surface area (Å²) in [7, 11) is 0. The first-order chi connectivity index (χ1) is 10.2. The summed E-state index contributed by atoms with van der Waals surface area (Å²) in [6.45, 7) is 14.8. The number of carbonyl (C=O) groups excluding carboxylic acids is 2. The summed E-state index contributed by atoms with van der Waals surface area (Å²) in [6, 6.07) is 0. The maximum absolute atomic E-state index is 12.0. The van der Waals surface area contributed by atoms with Gasteiger partial charge in [0.2, 0.25) is 11.8 Å². The maximum Gasteiger partial charge on any atom is 0.249 e. The van der Waals surface area contributed by atoms with Gasteiger partial charge in [0.15, 0.2) is 11.1 Å². The molecule has 0 aromatic heterocycles. The smallest absolute Gasteiger partial charge is 0.249 e. The topological polar surface area (TPSA) is 82.9 Å². The fourth-order valence-electron chi connectivity index (χ4n) is 1.35. The third-order valence-electron chi connectivity index (χ3n) is 2.93. The molecule has 0 rings (SSSR count). The zero-order chi connectivity index (χ0) is 17.2. The number of rotatable bonds is 10. The zero-order valence-electron chi connectivity index (χ0n) is 14.1. The van der Waals surface area contributed by atoms with Crippen LogP contribution in [0.4, 0.5) is 0 Å². The second-order valence-electron chi connectivity index (χ2n) is 5.98. The van der Waals surface area contributed by atoms with Crippen LogP contribution < -0.4 is 10.6 Å². The molecule has 0 aromatic rings. The Morgan fingerprint density at radius 1 is 0.864 bits per heavy atom. The number of nitrogens with one attached hydrogen (secondary N) is 2. The summed E-state index contributed by atoms with van der Waals surface area (Å²) in [5.41, 5.74) is -2.06. The first-order valence-corrected chi connectivity index (χ1v) is 7.40. The summed E-state index contributed by atoms with van der Waals surface area (Å²) in [6.07, 6.45) is 4.84. The van der Waals surface area contributed by atoms with Crippen LogP contribution >= 0.6 is 0 Å². The van der Waals surface area contributed by atoms with Crippen LogP contribution in [-0.2, 0) is 9.59 Å². The number of azo groups is 1. The van der Waals surface area contributed by atoms with Crippen molar-refractivity contribution in [1.29, 1.82) is 0 Å². The molecule has 22 heavy (non-hydrogen) atoms. The highest BCUT2D eigenvalue weighted by Gasteiger charge is 2.31. The Morgan fingerprint density at radius 3 is 1.45 bits per heavy atom. The highest BCUT2D eigenvalue weighted by atomic mass is 16.2. The minimum atomic E-state index is -1.03. The summed E-state index contributed by atoms with van der Waals surface area (Å²) in [5, 5.41) is 13.6. The predicted molar refractivity (Wildman–Crippen MR) is 88.7 cm³/mol. The van der Waals surface area contributed by atoms with Crippen molar-refractivity contribution >= 4 is 11.8 Å². The average Bonchev–Trinajstić information content (AvgIpc) is 2.45. The fraction of sp³-hybridized carbons (Fsp3) is 0.625. The third-order valence-corrected chi connectivity index (χ3v) is 2.93. The van der Waals surface area contributed by atoms with Gasteiger partial charge in [0.1, 0.15) is 0 Å². The molecule has 0 aliphatic rings. The van der Waals surface area contributed by atoms with Crippen LogP contribution in [0.3, 0.4) is 0 Å². The van der Waals surface area contributed by atoms with Crippen molar-refractivity contribution in [2.24, 2.45) is 10.2 Å². The first-order valence-electron chi connectivity index (χ1n) is 7.40. The van der Waals surface area contributed by atoms with E-state index in [9.17, 15) is 9.59 Å². The minimum Gasteiger partial charge on any atom is -0.354 e. The van der Waals surface area contributed by atoms with Crippen LogP contribution in [0, 0.1) is 0 Å². The number of nitrogens with zero attached hydrogens (tertiary/aromatic N) is 2. The van der Waals surface area contributed by atoms with Gasteiger partial charge in [-0.3, -0.25) is 9.59 Å². The monoisotopic (exact) mass is 308 g/mol. The number of amides is 2. The molecule has 0 atom stereocenters. The van der Waals surface area contributed by atoms with Gasteiger partial charge in [0.05, 0.1) is 0 Å². The molecule has 0 unspecified atom stereocenters. The largest absolute Gasteiger partial charge is 0.354 e. The van der Waals surface area contributed by atoms with E-state index in [-0.39, 0.29) is 11.8 Å². The van der Waals surface area contributed by atoms with Gasteiger partial charge in [-0.05, 0) is 40.5 Å². The number of carbonyl (C=O) groups is 2. The molecule has 2 amide bonds. The lowest BCUT2D eigenvalue weighted by Gasteiger charge is -2.22. The van der Waals surface area contributed by atoms with Crippen molar-refractivity contribution in [3.8, 4) is 0 Å². The number of hydrogen-bond donors (Lipinski definition) is 2. The van der Waals surface area contributed by atoms with E-state index in [2.05, 4.69) is 34.0 Å².